The van der Waals surface area contributed by atoms with E-state index in [2.05, 4.69) is 39.8 Å². The molecule has 0 N–H and O–H groups in total. The van der Waals surface area contributed by atoms with E-state index in [0.29, 0.717) is 5.28 Å². The number of fused-ring (bicyclic) bond motifs is 1. The third kappa shape index (κ3) is 3.20. The van der Waals surface area contributed by atoms with Crippen LogP contribution in [0.25, 0.3) is 10.2 Å². The molecular weight excluding hydrogens is 316 g/mol. The first kappa shape index (κ1) is 15.2. The number of anilines is 1. The quantitative estimate of drug-likeness (QED) is 0.659. The Labute approximate surface area is 138 Å². The van der Waals surface area contributed by atoms with E-state index in [9.17, 15) is 0 Å². The lowest BCUT2D eigenvalue weighted by Gasteiger charge is -2.22. The van der Waals surface area contributed by atoms with Crippen LogP contribution in [0.2, 0.25) is 5.28 Å². The summed E-state index contributed by atoms with van der Waals surface area (Å²) in [5, 5.41) is 1.40. The van der Waals surface area contributed by atoms with E-state index in [1.54, 1.807) is 11.3 Å². The van der Waals surface area contributed by atoms with Gasteiger partial charge in [-0.15, -0.1) is 11.3 Å². The number of pyridine rings is 1. The fourth-order valence-corrected chi connectivity index (χ4v) is 3.56. The van der Waals surface area contributed by atoms with Gasteiger partial charge in [0.25, 0.3) is 0 Å². The van der Waals surface area contributed by atoms with Gasteiger partial charge in [0.15, 0.2) is 0 Å². The van der Waals surface area contributed by atoms with Crippen LogP contribution < -0.4 is 4.90 Å². The van der Waals surface area contributed by atoms with E-state index in [4.69, 9.17) is 11.6 Å². The molecule has 3 heterocycles. The van der Waals surface area contributed by atoms with Crippen molar-refractivity contribution in [2.24, 2.45) is 0 Å². The summed E-state index contributed by atoms with van der Waals surface area (Å²) in [7, 11) is 0. The molecule has 6 heteroatoms. The summed E-state index contributed by atoms with van der Waals surface area (Å²) in [4.78, 5) is 17.3. The van der Waals surface area contributed by atoms with Crippen LogP contribution in [0.3, 0.4) is 0 Å². The van der Waals surface area contributed by atoms with Gasteiger partial charge in [-0.25, -0.2) is 4.98 Å². The third-order valence-corrected chi connectivity index (χ3v) is 4.68. The van der Waals surface area contributed by atoms with Crippen LogP contribution in [0.5, 0.6) is 0 Å². The molecule has 0 aliphatic heterocycles. The number of rotatable bonds is 5. The standard InChI is InChI=1S/C16H17ClN4S/c1-3-21(9-6-12-4-7-18-8-5-12)14-13-10-11(2)22-15(13)20-16(17)19-14/h4-5,7-8,10H,3,6,9H2,1-2H3. The van der Waals surface area contributed by atoms with Crippen LogP contribution in [0, 0.1) is 6.92 Å². The van der Waals surface area contributed by atoms with E-state index in [1.165, 1.54) is 10.4 Å². The van der Waals surface area contributed by atoms with Crippen molar-refractivity contribution in [1.29, 1.82) is 0 Å². The molecule has 0 aromatic carbocycles. The molecule has 0 saturated carbocycles. The van der Waals surface area contributed by atoms with Crippen LogP contribution in [0.4, 0.5) is 5.82 Å². The Bertz CT molecular complexity index is 772. The van der Waals surface area contributed by atoms with Gasteiger partial charge in [0.1, 0.15) is 10.6 Å². The average molecular weight is 333 g/mol. The lowest BCUT2D eigenvalue weighted by atomic mass is 10.2. The molecule has 114 valence electrons. The lowest BCUT2D eigenvalue weighted by Crippen LogP contribution is -2.26. The van der Waals surface area contributed by atoms with Crippen molar-refractivity contribution in [3.63, 3.8) is 0 Å². The number of thiophene rings is 1. The molecule has 22 heavy (non-hydrogen) atoms. The van der Waals surface area contributed by atoms with Crippen LogP contribution in [0.1, 0.15) is 17.4 Å². The molecular formula is C16H17ClN4S. The van der Waals surface area contributed by atoms with Gasteiger partial charge in [0.2, 0.25) is 5.28 Å². The van der Waals surface area contributed by atoms with E-state index < -0.39 is 0 Å². The van der Waals surface area contributed by atoms with Crippen molar-refractivity contribution in [1.82, 2.24) is 15.0 Å². The molecule has 3 rings (SSSR count). The third-order valence-electron chi connectivity index (χ3n) is 3.57. The number of likely N-dealkylation sites (N-methyl/N-ethyl adjacent to an activating group) is 1. The SMILES string of the molecule is CCN(CCc1ccncc1)c1nc(Cl)nc2sc(C)cc12. The maximum absolute atomic E-state index is 6.10. The number of hydrogen-bond donors (Lipinski definition) is 0. The zero-order valence-corrected chi connectivity index (χ0v) is 14.2. The molecule has 0 aliphatic rings. The summed E-state index contributed by atoms with van der Waals surface area (Å²) >= 11 is 7.75. The smallest absolute Gasteiger partial charge is 0.225 e. The molecule has 3 aromatic heterocycles. The fourth-order valence-electron chi connectivity index (χ4n) is 2.47. The van der Waals surface area contributed by atoms with Crippen molar-refractivity contribution in [2.45, 2.75) is 20.3 Å². The van der Waals surface area contributed by atoms with Gasteiger partial charge in [0, 0.05) is 30.4 Å². The summed E-state index contributed by atoms with van der Waals surface area (Å²) in [5.74, 6) is 0.927. The van der Waals surface area contributed by atoms with Crippen molar-refractivity contribution < 1.29 is 0 Å². The first-order chi connectivity index (χ1) is 10.7. The average Bonchev–Trinajstić information content (AvgIpc) is 2.89. The highest BCUT2D eigenvalue weighted by Crippen LogP contribution is 2.31. The van der Waals surface area contributed by atoms with Gasteiger partial charge in [-0.1, -0.05) is 0 Å². The van der Waals surface area contributed by atoms with Crippen molar-refractivity contribution >= 4 is 39.0 Å². The second kappa shape index (κ2) is 6.58. The molecule has 0 unspecified atom stereocenters. The maximum atomic E-state index is 6.10. The molecule has 0 saturated heterocycles. The molecule has 0 atom stereocenters. The Morgan fingerprint density at radius 3 is 2.73 bits per heavy atom. The zero-order valence-electron chi connectivity index (χ0n) is 12.6. The van der Waals surface area contributed by atoms with Gasteiger partial charge in [-0.2, -0.15) is 4.98 Å². The fraction of sp³-hybridized carbons (Fsp3) is 0.312. The number of aryl methyl sites for hydroxylation is 1. The normalized spacial score (nSPS) is 11.0. The topological polar surface area (TPSA) is 41.9 Å². The predicted octanol–water partition coefficient (Wildman–Crippen LogP) is 4.12. The van der Waals surface area contributed by atoms with Gasteiger partial charge in [-0.05, 0) is 55.6 Å². The largest absolute Gasteiger partial charge is 0.356 e. The Morgan fingerprint density at radius 2 is 2.00 bits per heavy atom. The Balaban J connectivity index is 1.90. The van der Waals surface area contributed by atoms with E-state index >= 15 is 0 Å². The molecule has 4 nitrogen and oxygen atoms in total. The lowest BCUT2D eigenvalue weighted by molar-refractivity contribution is 0.796. The van der Waals surface area contributed by atoms with Gasteiger partial charge in [-0.3, -0.25) is 4.98 Å². The summed E-state index contributed by atoms with van der Waals surface area (Å²) in [6, 6.07) is 6.23. The summed E-state index contributed by atoms with van der Waals surface area (Å²) in [6.07, 6.45) is 4.60. The molecule has 0 fully saturated rings. The highest BCUT2D eigenvalue weighted by atomic mass is 35.5. The molecule has 3 aromatic rings. The monoisotopic (exact) mass is 332 g/mol. The minimum absolute atomic E-state index is 0.312. The predicted molar refractivity (Wildman–Crippen MR) is 93.0 cm³/mol. The highest BCUT2D eigenvalue weighted by Gasteiger charge is 2.15. The van der Waals surface area contributed by atoms with Crippen molar-refractivity contribution in [3.8, 4) is 0 Å². The second-order valence-corrected chi connectivity index (χ2v) is 6.65. The number of hydrogen-bond acceptors (Lipinski definition) is 5. The van der Waals surface area contributed by atoms with Crippen molar-refractivity contribution in [2.75, 3.05) is 18.0 Å². The summed E-state index contributed by atoms with van der Waals surface area (Å²) < 4.78 is 0. The second-order valence-electron chi connectivity index (χ2n) is 5.08. The van der Waals surface area contributed by atoms with Crippen LogP contribution in [-0.2, 0) is 6.42 Å². The van der Waals surface area contributed by atoms with Crippen LogP contribution in [0.15, 0.2) is 30.6 Å². The molecule has 0 radical (unpaired) electrons. The molecule has 0 spiro atoms. The minimum atomic E-state index is 0.312. The van der Waals surface area contributed by atoms with Crippen LogP contribution >= 0.6 is 22.9 Å². The molecule has 0 bridgehead atoms. The first-order valence-electron chi connectivity index (χ1n) is 7.25. The Hall–Kier alpha value is -1.72. The van der Waals surface area contributed by atoms with Gasteiger partial charge >= 0.3 is 0 Å². The number of halogens is 1. The van der Waals surface area contributed by atoms with Crippen LogP contribution in [-0.4, -0.2) is 28.0 Å². The van der Waals surface area contributed by atoms with E-state index in [0.717, 1.165) is 35.5 Å². The van der Waals surface area contributed by atoms with E-state index in [-0.39, 0.29) is 0 Å². The van der Waals surface area contributed by atoms with Gasteiger partial charge in [0.05, 0.1) is 5.39 Å². The summed E-state index contributed by atoms with van der Waals surface area (Å²) in [6.45, 7) is 5.98. The first-order valence-corrected chi connectivity index (χ1v) is 8.44. The minimum Gasteiger partial charge on any atom is -0.356 e. The number of nitrogens with zero attached hydrogens (tertiary/aromatic N) is 4. The Kier molecular flexibility index (Phi) is 4.55. The van der Waals surface area contributed by atoms with Crippen molar-refractivity contribution in [3.05, 3.63) is 46.3 Å². The van der Waals surface area contributed by atoms with E-state index in [1.807, 2.05) is 24.5 Å². The highest BCUT2D eigenvalue weighted by molar-refractivity contribution is 7.18. The maximum Gasteiger partial charge on any atom is 0.225 e. The summed E-state index contributed by atoms with van der Waals surface area (Å²) in [5.41, 5.74) is 1.27. The molecule has 0 amide bonds. The zero-order chi connectivity index (χ0) is 15.5. The molecule has 0 aliphatic carbocycles. The Morgan fingerprint density at radius 1 is 1.23 bits per heavy atom. The number of aromatic nitrogens is 3. The van der Waals surface area contributed by atoms with Gasteiger partial charge < -0.3 is 4.90 Å².